The van der Waals surface area contributed by atoms with Gasteiger partial charge in [-0.05, 0) is 60.5 Å². The van der Waals surface area contributed by atoms with Crippen molar-refractivity contribution in [1.82, 2.24) is 0 Å². The number of hydrogen-bond donors (Lipinski definition) is 2. The topological polar surface area (TPSA) is 118 Å². The number of amides is 1. The van der Waals surface area contributed by atoms with Crippen molar-refractivity contribution in [3.8, 4) is 11.1 Å². The molecule has 2 N–H and O–H groups in total. The maximum absolute atomic E-state index is 12.6. The Labute approximate surface area is 212 Å². The first-order valence-corrected chi connectivity index (χ1v) is 12.5. The zero-order valence-electron chi connectivity index (χ0n) is 18.9. The fraction of sp³-hybridized carbons (Fsp3) is 0.0385. The number of sulfonamides is 1. The number of nitrogens with zero attached hydrogens (tertiary/aromatic N) is 1. The molecular formula is C26H20ClN3O5S. The van der Waals surface area contributed by atoms with Crippen LogP contribution in [0, 0.1) is 17.0 Å². The van der Waals surface area contributed by atoms with Gasteiger partial charge in [0.05, 0.1) is 20.4 Å². The first-order valence-electron chi connectivity index (χ1n) is 10.7. The molecule has 0 radical (unpaired) electrons. The molecule has 4 aromatic rings. The van der Waals surface area contributed by atoms with E-state index < -0.39 is 20.9 Å². The molecule has 10 heteroatoms. The molecule has 0 saturated heterocycles. The first kappa shape index (κ1) is 24.9. The Kier molecular flexibility index (Phi) is 7.05. The summed E-state index contributed by atoms with van der Waals surface area (Å²) in [5.41, 5.74) is 3.33. The molecule has 0 fully saturated rings. The van der Waals surface area contributed by atoms with E-state index in [4.69, 9.17) is 11.6 Å². The number of carbonyl (C=O) groups excluding carboxylic acids is 1. The average molecular weight is 522 g/mol. The van der Waals surface area contributed by atoms with E-state index in [0.717, 1.165) is 22.8 Å². The minimum absolute atomic E-state index is 0.00128. The lowest BCUT2D eigenvalue weighted by atomic mass is 10.0. The normalized spacial score (nSPS) is 11.1. The van der Waals surface area contributed by atoms with Crippen LogP contribution in [0.25, 0.3) is 11.1 Å². The molecule has 8 nitrogen and oxygen atoms in total. The van der Waals surface area contributed by atoms with E-state index >= 15 is 0 Å². The Balaban J connectivity index is 1.45. The standard InChI is InChI=1S/C26H20ClN3O5S/c1-17-2-13-23(14-3-17)36(34,35)29-21-10-6-19(7-11-21)18-4-8-20(9-5-18)28-26(31)24-16-22(30(32)33)12-15-25(24)27/h2-16,29H,1H3,(H,28,31). The number of benzene rings is 4. The number of halogens is 1. The van der Waals surface area contributed by atoms with Crippen LogP contribution in [0.15, 0.2) is 95.9 Å². The van der Waals surface area contributed by atoms with Gasteiger partial charge in [-0.1, -0.05) is 53.6 Å². The van der Waals surface area contributed by atoms with Crippen molar-refractivity contribution < 1.29 is 18.1 Å². The van der Waals surface area contributed by atoms with Crippen LogP contribution in [-0.2, 0) is 10.0 Å². The van der Waals surface area contributed by atoms with E-state index in [0.29, 0.717) is 11.4 Å². The van der Waals surface area contributed by atoms with Gasteiger partial charge in [0, 0.05) is 23.5 Å². The minimum atomic E-state index is -3.70. The highest BCUT2D eigenvalue weighted by Crippen LogP contribution is 2.26. The van der Waals surface area contributed by atoms with Gasteiger partial charge in [-0.2, -0.15) is 0 Å². The smallest absolute Gasteiger partial charge is 0.270 e. The molecule has 0 aliphatic rings. The molecule has 0 bridgehead atoms. The van der Waals surface area contributed by atoms with Crippen LogP contribution in [0.3, 0.4) is 0 Å². The summed E-state index contributed by atoms with van der Waals surface area (Å²) in [7, 11) is -3.70. The lowest BCUT2D eigenvalue weighted by molar-refractivity contribution is -0.384. The molecule has 182 valence electrons. The van der Waals surface area contributed by atoms with E-state index in [1.807, 2.05) is 6.92 Å². The van der Waals surface area contributed by atoms with Crippen LogP contribution >= 0.6 is 11.6 Å². The summed E-state index contributed by atoms with van der Waals surface area (Å²) >= 11 is 6.03. The van der Waals surface area contributed by atoms with Gasteiger partial charge in [-0.15, -0.1) is 0 Å². The Bertz CT molecular complexity index is 1540. The monoisotopic (exact) mass is 521 g/mol. The Morgan fingerprint density at radius 2 is 1.39 bits per heavy atom. The van der Waals surface area contributed by atoms with E-state index in [9.17, 15) is 23.3 Å². The van der Waals surface area contributed by atoms with Gasteiger partial charge in [0.25, 0.3) is 21.6 Å². The van der Waals surface area contributed by atoms with Crippen LogP contribution in [-0.4, -0.2) is 19.2 Å². The van der Waals surface area contributed by atoms with Gasteiger partial charge in [0.15, 0.2) is 0 Å². The predicted molar refractivity (Wildman–Crippen MR) is 140 cm³/mol. The van der Waals surface area contributed by atoms with E-state index in [2.05, 4.69) is 10.0 Å². The van der Waals surface area contributed by atoms with Gasteiger partial charge >= 0.3 is 0 Å². The van der Waals surface area contributed by atoms with Crippen molar-refractivity contribution in [1.29, 1.82) is 0 Å². The summed E-state index contributed by atoms with van der Waals surface area (Å²) in [6, 6.07) is 24.1. The van der Waals surface area contributed by atoms with Crippen molar-refractivity contribution in [2.24, 2.45) is 0 Å². The molecule has 0 aliphatic carbocycles. The van der Waals surface area contributed by atoms with Gasteiger partial charge in [-0.3, -0.25) is 19.6 Å². The molecule has 4 rings (SSSR count). The molecular weight excluding hydrogens is 502 g/mol. The van der Waals surface area contributed by atoms with Crippen LogP contribution in [0.5, 0.6) is 0 Å². The fourth-order valence-electron chi connectivity index (χ4n) is 3.41. The fourth-order valence-corrected chi connectivity index (χ4v) is 4.67. The minimum Gasteiger partial charge on any atom is -0.322 e. The van der Waals surface area contributed by atoms with Gasteiger partial charge in [0.1, 0.15) is 0 Å². The first-order chi connectivity index (χ1) is 17.1. The quantitative estimate of drug-likeness (QED) is 0.219. The zero-order chi connectivity index (χ0) is 25.9. The number of aryl methyl sites for hydroxylation is 1. The number of anilines is 2. The van der Waals surface area contributed by atoms with Crippen LogP contribution < -0.4 is 10.0 Å². The molecule has 0 atom stereocenters. The second-order valence-electron chi connectivity index (χ2n) is 7.95. The highest BCUT2D eigenvalue weighted by atomic mass is 35.5. The predicted octanol–water partition coefficient (Wildman–Crippen LogP) is 6.28. The van der Waals surface area contributed by atoms with Crippen molar-refractivity contribution in [2.45, 2.75) is 11.8 Å². The van der Waals surface area contributed by atoms with Crippen molar-refractivity contribution >= 4 is 44.6 Å². The molecule has 0 spiro atoms. The maximum atomic E-state index is 12.6. The number of non-ortho nitro benzene ring substituents is 1. The number of hydrogen-bond acceptors (Lipinski definition) is 5. The third-order valence-electron chi connectivity index (χ3n) is 5.35. The van der Waals surface area contributed by atoms with Crippen molar-refractivity contribution in [3.63, 3.8) is 0 Å². The van der Waals surface area contributed by atoms with Crippen LogP contribution in [0.1, 0.15) is 15.9 Å². The second kappa shape index (κ2) is 10.2. The second-order valence-corrected chi connectivity index (χ2v) is 10.0. The summed E-state index contributed by atoms with van der Waals surface area (Å²) in [6.45, 7) is 1.88. The number of nitro benzene ring substituents is 1. The molecule has 36 heavy (non-hydrogen) atoms. The summed E-state index contributed by atoms with van der Waals surface area (Å²) < 4.78 is 27.7. The summed E-state index contributed by atoms with van der Waals surface area (Å²) in [5, 5.41) is 13.8. The Hall–Kier alpha value is -4.21. The molecule has 0 aliphatic heterocycles. The highest BCUT2D eigenvalue weighted by Gasteiger charge is 2.16. The lowest BCUT2D eigenvalue weighted by Crippen LogP contribution is -2.13. The van der Waals surface area contributed by atoms with E-state index in [1.54, 1.807) is 72.8 Å². The van der Waals surface area contributed by atoms with Gasteiger partial charge in [-0.25, -0.2) is 8.42 Å². The van der Waals surface area contributed by atoms with Crippen LogP contribution in [0.4, 0.5) is 17.1 Å². The zero-order valence-corrected chi connectivity index (χ0v) is 20.5. The van der Waals surface area contributed by atoms with Gasteiger partial charge in [0.2, 0.25) is 0 Å². The van der Waals surface area contributed by atoms with E-state index in [-0.39, 0.29) is 21.2 Å². The number of nitro groups is 1. The Morgan fingerprint density at radius 1 is 0.833 bits per heavy atom. The Morgan fingerprint density at radius 3 is 1.94 bits per heavy atom. The molecule has 0 saturated carbocycles. The molecule has 0 heterocycles. The molecule has 0 aromatic heterocycles. The third-order valence-corrected chi connectivity index (χ3v) is 7.08. The summed E-state index contributed by atoms with van der Waals surface area (Å²) in [4.78, 5) is 23.1. The van der Waals surface area contributed by atoms with Crippen LogP contribution in [0.2, 0.25) is 5.02 Å². The molecule has 0 unspecified atom stereocenters. The summed E-state index contributed by atoms with van der Waals surface area (Å²) in [5.74, 6) is -0.568. The third kappa shape index (κ3) is 5.70. The van der Waals surface area contributed by atoms with Crippen molar-refractivity contribution in [2.75, 3.05) is 10.0 Å². The highest BCUT2D eigenvalue weighted by molar-refractivity contribution is 7.92. The number of rotatable bonds is 7. The van der Waals surface area contributed by atoms with E-state index in [1.165, 1.54) is 12.1 Å². The summed E-state index contributed by atoms with van der Waals surface area (Å²) in [6.07, 6.45) is 0. The SMILES string of the molecule is Cc1ccc(S(=O)(=O)Nc2ccc(-c3ccc(NC(=O)c4cc([N+](=O)[O-])ccc4Cl)cc3)cc2)cc1. The molecule has 4 aromatic carbocycles. The number of nitrogens with one attached hydrogen (secondary N) is 2. The largest absolute Gasteiger partial charge is 0.322 e. The molecule has 1 amide bonds. The maximum Gasteiger partial charge on any atom is 0.270 e. The average Bonchev–Trinajstić information content (AvgIpc) is 2.85. The number of carbonyl (C=O) groups is 1. The van der Waals surface area contributed by atoms with Gasteiger partial charge < -0.3 is 5.32 Å². The lowest BCUT2D eigenvalue weighted by Gasteiger charge is -2.10. The van der Waals surface area contributed by atoms with Crippen molar-refractivity contribution in [3.05, 3.63) is 117 Å².